The number of amides is 1. The molecule has 0 atom stereocenters. The Morgan fingerprint density at radius 3 is 2.81 bits per heavy atom. The summed E-state index contributed by atoms with van der Waals surface area (Å²) in [5.74, 6) is 2.98. The molecule has 3 aromatic heterocycles. The highest BCUT2D eigenvalue weighted by Gasteiger charge is 2.36. The van der Waals surface area contributed by atoms with Crippen molar-refractivity contribution in [3.8, 4) is 11.1 Å². The predicted molar refractivity (Wildman–Crippen MR) is 142 cm³/mol. The lowest BCUT2D eigenvalue weighted by Gasteiger charge is -2.33. The number of aromatic nitrogens is 5. The fraction of sp³-hybridized carbons (Fsp3) is 0.379. The van der Waals surface area contributed by atoms with Crippen LogP contribution in [-0.2, 0) is 30.8 Å². The Morgan fingerprint density at radius 2 is 2.00 bits per heavy atom. The van der Waals surface area contributed by atoms with Crippen LogP contribution in [-0.4, -0.2) is 48.2 Å². The van der Waals surface area contributed by atoms with Crippen LogP contribution in [0.15, 0.2) is 55.0 Å². The summed E-state index contributed by atoms with van der Waals surface area (Å²) in [6, 6.07) is 12.7. The number of benzene rings is 1. The largest absolute Gasteiger partial charge is 0.335 e. The Bertz CT molecular complexity index is 1470. The van der Waals surface area contributed by atoms with Crippen molar-refractivity contribution in [3.63, 3.8) is 0 Å². The zero-order chi connectivity index (χ0) is 24.9. The lowest BCUT2D eigenvalue weighted by atomic mass is 9.97. The van der Waals surface area contributed by atoms with Gasteiger partial charge in [-0.2, -0.15) is 5.10 Å². The van der Waals surface area contributed by atoms with Crippen molar-refractivity contribution < 1.29 is 4.79 Å². The highest BCUT2D eigenvalue weighted by Crippen LogP contribution is 2.44. The van der Waals surface area contributed by atoms with Crippen LogP contribution in [0, 0.1) is 0 Å². The van der Waals surface area contributed by atoms with Gasteiger partial charge in [0, 0.05) is 56.1 Å². The number of imidazole rings is 1. The van der Waals surface area contributed by atoms with Crippen LogP contribution in [0.3, 0.4) is 0 Å². The molecule has 1 fully saturated rings. The molecule has 0 unspecified atom stereocenters. The molecule has 37 heavy (non-hydrogen) atoms. The fourth-order valence-electron chi connectivity index (χ4n) is 5.77. The molecule has 8 heteroatoms. The Morgan fingerprint density at radius 1 is 1.08 bits per heavy atom. The van der Waals surface area contributed by atoms with Gasteiger partial charge in [-0.25, -0.2) is 4.98 Å². The van der Waals surface area contributed by atoms with Gasteiger partial charge in [-0.05, 0) is 61.1 Å². The highest BCUT2D eigenvalue weighted by molar-refractivity contribution is 5.75. The van der Waals surface area contributed by atoms with E-state index in [0.29, 0.717) is 19.0 Å². The average molecular weight is 494 g/mol. The summed E-state index contributed by atoms with van der Waals surface area (Å²) in [5, 5.41) is 4.58. The zero-order valence-electron chi connectivity index (χ0n) is 21.2. The molecule has 1 aliphatic carbocycles. The molecule has 0 N–H and O–H groups in total. The predicted octanol–water partition coefficient (Wildman–Crippen LogP) is 4.51. The summed E-state index contributed by atoms with van der Waals surface area (Å²) in [6.07, 6.45) is 10.4. The third-order valence-corrected chi connectivity index (χ3v) is 7.87. The molecule has 7 rings (SSSR count). The van der Waals surface area contributed by atoms with E-state index in [4.69, 9.17) is 4.98 Å². The van der Waals surface area contributed by atoms with Crippen LogP contribution >= 0.6 is 0 Å². The lowest BCUT2D eigenvalue weighted by Crippen LogP contribution is -2.38. The maximum Gasteiger partial charge on any atom is 0.219 e. The average Bonchev–Trinajstić information content (AvgIpc) is 3.55. The molecule has 1 aromatic carbocycles. The Kier molecular flexibility index (Phi) is 5.34. The van der Waals surface area contributed by atoms with Crippen LogP contribution in [0.5, 0.6) is 0 Å². The number of hydrogen-bond acceptors (Lipinski definition) is 5. The van der Waals surface area contributed by atoms with Gasteiger partial charge in [-0.15, -0.1) is 0 Å². The number of carbonyl (C=O) groups excluding carboxylic acids is 1. The van der Waals surface area contributed by atoms with Crippen molar-refractivity contribution in [2.45, 2.75) is 58.2 Å². The molecule has 8 nitrogen and oxygen atoms in total. The highest BCUT2D eigenvalue weighted by atomic mass is 16.2. The van der Waals surface area contributed by atoms with Gasteiger partial charge in [0.15, 0.2) is 5.82 Å². The molecule has 0 saturated heterocycles. The molecule has 4 aromatic rings. The first-order valence-electron chi connectivity index (χ1n) is 13.3. The van der Waals surface area contributed by atoms with E-state index < -0.39 is 0 Å². The molecule has 0 spiro atoms. The van der Waals surface area contributed by atoms with Crippen LogP contribution in [0.1, 0.15) is 54.9 Å². The van der Waals surface area contributed by atoms with Crippen LogP contribution in [0.2, 0.25) is 0 Å². The summed E-state index contributed by atoms with van der Waals surface area (Å²) in [6.45, 7) is 5.53. The number of pyridine rings is 1. The smallest absolute Gasteiger partial charge is 0.219 e. The van der Waals surface area contributed by atoms with Gasteiger partial charge < -0.3 is 14.4 Å². The summed E-state index contributed by atoms with van der Waals surface area (Å²) in [7, 11) is 0. The monoisotopic (exact) mass is 493 g/mol. The molecule has 3 aliphatic rings. The van der Waals surface area contributed by atoms with Crippen molar-refractivity contribution in [1.82, 2.24) is 29.2 Å². The number of anilines is 2. The Labute approximate surface area is 216 Å². The summed E-state index contributed by atoms with van der Waals surface area (Å²) >= 11 is 0. The van der Waals surface area contributed by atoms with E-state index in [1.54, 1.807) is 6.92 Å². The molecular weight excluding hydrogens is 462 g/mol. The minimum absolute atomic E-state index is 0.138. The summed E-state index contributed by atoms with van der Waals surface area (Å²) in [4.78, 5) is 26.2. The van der Waals surface area contributed by atoms with E-state index in [-0.39, 0.29) is 5.91 Å². The number of nitrogens with zero attached hydrogens (tertiary/aromatic N) is 7. The van der Waals surface area contributed by atoms with Gasteiger partial charge in [0.05, 0.1) is 30.7 Å². The standard InChI is InChI=1S/C29H31N7O/c1-20(37)33-13-14-36-27(19-33)29(32-28(36)21-7-8-21)35-12-4-5-23-15-22(9-10-26(23)35)24-16-31-34(17-24)18-25-6-2-3-11-30-25/h2-3,6,9-11,15-17,21H,4-5,7-8,12-14,18-19H2,1H3. The second kappa shape index (κ2) is 8.87. The molecule has 5 heterocycles. The molecule has 1 saturated carbocycles. The maximum atomic E-state index is 12.2. The minimum atomic E-state index is 0.138. The van der Waals surface area contributed by atoms with Gasteiger partial charge in [-0.1, -0.05) is 12.1 Å². The van der Waals surface area contributed by atoms with E-state index in [1.165, 1.54) is 41.2 Å². The number of rotatable bonds is 5. The third kappa shape index (κ3) is 4.10. The first-order valence-corrected chi connectivity index (χ1v) is 13.3. The third-order valence-electron chi connectivity index (χ3n) is 7.87. The molecular formula is C29H31N7O. The Balaban J connectivity index is 1.20. The molecule has 188 valence electrons. The molecule has 0 bridgehead atoms. The lowest BCUT2D eigenvalue weighted by molar-refractivity contribution is -0.130. The van der Waals surface area contributed by atoms with E-state index in [0.717, 1.165) is 49.6 Å². The van der Waals surface area contributed by atoms with Crippen molar-refractivity contribution in [2.75, 3.05) is 18.0 Å². The SMILES string of the molecule is CC(=O)N1CCn2c(C3CC3)nc(N3CCCc4cc(-c5cnn(Cc6ccccn6)c5)ccc43)c2C1. The topological polar surface area (TPSA) is 72.1 Å². The number of aryl methyl sites for hydroxylation is 1. The van der Waals surface area contributed by atoms with Crippen LogP contribution in [0.25, 0.3) is 11.1 Å². The first-order chi connectivity index (χ1) is 18.1. The zero-order valence-corrected chi connectivity index (χ0v) is 21.2. The quantitative estimate of drug-likeness (QED) is 0.409. The van der Waals surface area contributed by atoms with Crippen LogP contribution in [0.4, 0.5) is 11.5 Å². The molecule has 0 radical (unpaired) electrons. The van der Waals surface area contributed by atoms with Gasteiger partial charge in [0.2, 0.25) is 5.91 Å². The second-order valence-corrected chi connectivity index (χ2v) is 10.5. The number of hydrogen-bond donors (Lipinski definition) is 0. The summed E-state index contributed by atoms with van der Waals surface area (Å²) < 4.78 is 4.35. The van der Waals surface area contributed by atoms with Crippen molar-refractivity contribution in [3.05, 3.63) is 77.8 Å². The fourth-order valence-corrected chi connectivity index (χ4v) is 5.77. The molecule has 2 aliphatic heterocycles. The van der Waals surface area contributed by atoms with E-state index in [9.17, 15) is 4.79 Å². The van der Waals surface area contributed by atoms with Crippen molar-refractivity contribution in [2.24, 2.45) is 0 Å². The summed E-state index contributed by atoms with van der Waals surface area (Å²) in [5.41, 5.74) is 7.06. The van der Waals surface area contributed by atoms with Gasteiger partial charge >= 0.3 is 0 Å². The van der Waals surface area contributed by atoms with Gasteiger partial charge in [0.1, 0.15) is 5.82 Å². The van der Waals surface area contributed by atoms with Gasteiger partial charge in [0.25, 0.3) is 0 Å². The first kappa shape index (κ1) is 22.3. The minimum Gasteiger partial charge on any atom is -0.335 e. The Hall–Kier alpha value is -3.94. The van der Waals surface area contributed by atoms with Crippen molar-refractivity contribution >= 4 is 17.4 Å². The van der Waals surface area contributed by atoms with E-state index in [2.05, 4.69) is 43.9 Å². The number of carbonyl (C=O) groups is 1. The van der Waals surface area contributed by atoms with E-state index >= 15 is 0 Å². The van der Waals surface area contributed by atoms with Gasteiger partial charge in [-0.3, -0.25) is 14.5 Å². The molecule has 1 amide bonds. The number of fused-ring (bicyclic) bond motifs is 2. The second-order valence-electron chi connectivity index (χ2n) is 10.5. The van der Waals surface area contributed by atoms with E-state index in [1.807, 2.05) is 40.2 Å². The maximum absolute atomic E-state index is 12.2. The van der Waals surface area contributed by atoms with Crippen LogP contribution < -0.4 is 4.90 Å². The van der Waals surface area contributed by atoms with Crippen molar-refractivity contribution in [1.29, 1.82) is 0 Å². The normalized spacial score (nSPS) is 17.0.